The average Bonchev–Trinajstić information content (AvgIpc) is 2.88. The number of esters is 2. The van der Waals surface area contributed by atoms with Crippen molar-refractivity contribution in [3.8, 4) is 82.9 Å². The van der Waals surface area contributed by atoms with Crippen LogP contribution in [0.4, 0.5) is 0 Å². The van der Waals surface area contributed by atoms with Gasteiger partial charge in [-0.1, -0.05) is 64.2 Å². The first-order chi connectivity index (χ1) is 18.8. The van der Waals surface area contributed by atoms with Gasteiger partial charge in [-0.2, -0.15) is 0 Å². The van der Waals surface area contributed by atoms with Crippen molar-refractivity contribution >= 4 is 19.8 Å². The summed E-state index contributed by atoms with van der Waals surface area (Å²) in [5.74, 6) is 31.4. The van der Waals surface area contributed by atoms with Crippen LogP contribution in [0.25, 0.3) is 0 Å². The molecular weight excluding hydrogens is 579 g/mol. The van der Waals surface area contributed by atoms with E-state index in [0.717, 1.165) is 25.7 Å². The molecule has 0 aromatic heterocycles. The molecule has 0 heterocycles. The molecule has 0 saturated carbocycles. The molecule has 0 aromatic carbocycles. The van der Waals surface area contributed by atoms with Crippen LogP contribution < -0.4 is 75.1 Å². The number of carbonyl (C=O) groups excluding carboxylic acids is 2. The summed E-state index contributed by atoms with van der Waals surface area (Å²) >= 11 is 0. The first kappa shape index (κ1) is 46.9. The average molecular weight is 638 g/mol. The third-order valence-electron chi connectivity index (χ3n) is 4.32. The van der Waals surface area contributed by atoms with Crippen LogP contribution in [0.15, 0.2) is 0 Å². The summed E-state index contributed by atoms with van der Waals surface area (Å²) in [7, 11) is -5.52. The second-order valence-corrected chi connectivity index (χ2v) is 8.63. The maximum atomic E-state index is 12.0. The van der Waals surface area contributed by atoms with Crippen molar-refractivity contribution < 1.29 is 116 Å². The van der Waals surface area contributed by atoms with Crippen molar-refractivity contribution in [3.05, 3.63) is 0 Å². The molecule has 12 heteroatoms. The Balaban J connectivity index is -0.0000000602. The minimum absolute atomic E-state index is 0. The molecule has 42 heavy (non-hydrogen) atoms. The normalized spacial score (nSPS) is 8.86. The Kier molecular flexibility index (Phi) is 37.3. The van der Waals surface area contributed by atoms with Gasteiger partial charge in [0.25, 0.3) is 0 Å². The van der Waals surface area contributed by atoms with Gasteiger partial charge in [-0.15, -0.1) is 0 Å². The Bertz CT molecular complexity index is 1340. The molecule has 0 amide bonds. The van der Waals surface area contributed by atoms with Crippen molar-refractivity contribution in [1.29, 1.82) is 0 Å². The predicted molar refractivity (Wildman–Crippen MR) is 174 cm³/mol. The minimum atomic E-state index is -5.52. The van der Waals surface area contributed by atoms with E-state index in [9.17, 15) is 23.9 Å². The topological polar surface area (TPSA) is 160 Å². The molecule has 0 rings (SSSR count). The van der Waals surface area contributed by atoms with Crippen LogP contribution in [0.1, 0.15) is 96.6 Å². The smallest absolute Gasteiger partial charge is 0.790 e. The molecule has 0 aliphatic heterocycles. The Morgan fingerprint density at radius 3 is 1.62 bits per heavy atom. The summed E-state index contributed by atoms with van der Waals surface area (Å²) in [4.78, 5) is 45.5. The summed E-state index contributed by atoms with van der Waals surface area (Å²) in [5, 5.41) is 0. The van der Waals surface area contributed by atoms with Crippen LogP contribution >= 0.6 is 7.82 Å². The maximum absolute atomic E-state index is 12.0. The fourth-order valence-electron chi connectivity index (χ4n) is 2.65. The Morgan fingerprint density at radius 2 is 1.17 bits per heavy atom. The first-order valence-electron chi connectivity index (χ1n) is 12.3. The summed E-state index contributed by atoms with van der Waals surface area (Å²) in [6.07, 6.45) is 7.46. The number of rotatable bonds is 15. The van der Waals surface area contributed by atoms with E-state index < -0.39 is 32.7 Å². The molecule has 0 aliphatic rings. The van der Waals surface area contributed by atoms with Crippen LogP contribution in [0, 0.1) is 82.9 Å². The fourth-order valence-corrected chi connectivity index (χ4v) is 3.04. The quantitative estimate of drug-likeness (QED) is 0.0478. The second-order valence-electron chi connectivity index (χ2n) is 7.52. The number of phosphoric ester groups is 1. The van der Waals surface area contributed by atoms with Gasteiger partial charge in [0.05, 0.1) is 7.82 Å². The zero-order valence-corrected chi connectivity index (χ0v) is 29.7. The minimum Gasteiger partial charge on any atom is -0.790 e. The van der Waals surface area contributed by atoms with Crippen molar-refractivity contribution in [2.24, 2.45) is 0 Å². The van der Waals surface area contributed by atoms with E-state index in [2.05, 4.69) is 93.1 Å². The van der Waals surface area contributed by atoms with E-state index in [0.29, 0.717) is 6.42 Å². The molecule has 238 valence electrons. The molecule has 9 nitrogen and oxygen atoms in total. The second kappa shape index (κ2) is 33.4. The van der Waals surface area contributed by atoms with E-state index in [4.69, 9.17) is 4.74 Å². The van der Waals surface area contributed by atoms with Gasteiger partial charge in [0, 0.05) is 30.9 Å². The van der Waals surface area contributed by atoms with Gasteiger partial charge >= 0.3 is 71.1 Å². The van der Waals surface area contributed by atoms with Crippen LogP contribution in [0.2, 0.25) is 0 Å². The largest absolute Gasteiger partial charge is 1.00 e. The molecule has 3 N–H and O–H groups in total. The van der Waals surface area contributed by atoms with Gasteiger partial charge < -0.3 is 34.5 Å². The number of unbranched alkanes of at least 4 members (excludes halogenated alkanes) is 8. The van der Waals surface area contributed by atoms with Gasteiger partial charge in [-0.25, -0.2) is 4.79 Å². The molecule has 0 aliphatic carbocycles. The third kappa shape index (κ3) is 36.0. The SMILES string of the molecule is CC#CC#CC#CC#CC#CC#CC#CC(=O)OC[C@H](OC(=O)CCCCCCCCCCC)OP(=O)([O-])[O-].N.[HH].[HH].[HH].[HH].[HH].[HH].[HH].[HH].[HH].[HH].[HH].[HH].[HH].[Na+].[Na+]. The number of hydrogen-bond acceptors (Lipinski definition) is 9. The molecule has 0 radical (unpaired) electrons. The number of hydrogen-bond donors (Lipinski definition) is 1. The molecule has 0 aromatic rings. The molecule has 0 bridgehead atoms. The first-order valence-corrected chi connectivity index (χ1v) is 13.7. The van der Waals surface area contributed by atoms with Gasteiger partial charge in [-0.3, -0.25) is 4.79 Å². The summed E-state index contributed by atoms with van der Waals surface area (Å²) < 4.78 is 24.6. The van der Waals surface area contributed by atoms with Gasteiger partial charge in [0.1, 0.15) is 0 Å². The van der Waals surface area contributed by atoms with E-state index in [1.807, 2.05) is 5.92 Å². The van der Waals surface area contributed by atoms with Crippen LogP contribution in [0.3, 0.4) is 0 Å². The Morgan fingerprint density at radius 1 is 0.738 bits per heavy atom. The van der Waals surface area contributed by atoms with E-state index in [1.165, 1.54) is 25.7 Å². The van der Waals surface area contributed by atoms with Crippen LogP contribution in [0.5, 0.6) is 0 Å². The summed E-state index contributed by atoms with van der Waals surface area (Å²) in [6, 6.07) is 0. The van der Waals surface area contributed by atoms with Crippen LogP contribution in [-0.4, -0.2) is 24.8 Å². The molecule has 0 saturated heterocycles. The van der Waals surface area contributed by atoms with Crippen LogP contribution in [-0.2, 0) is 28.2 Å². The van der Waals surface area contributed by atoms with Gasteiger partial charge in [-0.05, 0) is 84.4 Å². The number of ether oxygens (including phenoxy) is 2. The van der Waals surface area contributed by atoms with Crippen molar-refractivity contribution in [2.45, 2.75) is 84.3 Å². The van der Waals surface area contributed by atoms with Crippen molar-refractivity contribution in [3.63, 3.8) is 0 Å². The number of phosphoric acid groups is 1. The predicted octanol–water partition coefficient (Wildman–Crippen LogP) is -0.423. The van der Waals surface area contributed by atoms with E-state index in [1.54, 1.807) is 6.92 Å². The van der Waals surface area contributed by atoms with Crippen molar-refractivity contribution in [1.82, 2.24) is 6.15 Å². The third-order valence-corrected chi connectivity index (χ3v) is 4.81. The molecule has 0 spiro atoms. The molecule has 1 atom stereocenters. The fraction of sp³-hybridized carbons (Fsp3) is 0.467. The monoisotopic (exact) mass is 637 g/mol. The zero-order chi connectivity index (χ0) is 29.0. The molecular formula is C30H58NNa2O8P. The summed E-state index contributed by atoms with van der Waals surface area (Å²) in [6.45, 7) is 2.97. The van der Waals surface area contributed by atoms with Gasteiger partial charge in [0.15, 0.2) is 6.61 Å². The molecule has 0 fully saturated rings. The number of carbonyl (C=O) groups is 2. The Hall–Kier alpha value is -2.07. The van der Waals surface area contributed by atoms with Crippen molar-refractivity contribution in [2.75, 3.05) is 6.61 Å². The van der Waals surface area contributed by atoms with E-state index in [-0.39, 0.29) is 90.2 Å². The zero-order valence-electron chi connectivity index (χ0n) is 24.8. The summed E-state index contributed by atoms with van der Waals surface area (Å²) in [5.41, 5.74) is 0. The van der Waals surface area contributed by atoms with E-state index >= 15 is 0 Å². The Labute approximate surface area is 313 Å². The molecule has 0 unspecified atom stereocenters. The van der Waals surface area contributed by atoms with Gasteiger partial charge in [0.2, 0.25) is 6.29 Å². The maximum Gasteiger partial charge on any atom is 1.00 e. The standard InChI is InChI=1S/C30H31O8P.H3N.2Na.13H2/c1-3-5-7-9-11-13-14-15-16-18-19-21-23-25-28(31)36-27-30(38-39(33,34)35)37-29(32)26-24-22-20-17-12-10-8-6-4-2;;;;;;;;;;;;;;;;/h30H,4,6,8,10,12,17,20,22,24,26-27H2,1-2H3,(H2,33,34,35);1H3;;;13*1H/q;;2*+1;;;;;;;;;;;;;/p-2/t30-;;;;;;;;;;;;;;;;/m1................/s1.